The summed E-state index contributed by atoms with van der Waals surface area (Å²) >= 11 is 0. The summed E-state index contributed by atoms with van der Waals surface area (Å²) in [7, 11) is 0. The predicted molar refractivity (Wildman–Crippen MR) is 76.1 cm³/mol. The van der Waals surface area contributed by atoms with Crippen LogP contribution in [0.1, 0.15) is 31.4 Å². The summed E-state index contributed by atoms with van der Waals surface area (Å²) in [6.07, 6.45) is 9.13. The number of nitrogens with zero attached hydrogens (tertiary/aromatic N) is 2. The third-order valence-electron chi connectivity index (χ3n) is 3.73. The summed E-state index contributed by atoms with van der Waals surface area (Å²) in [5, 5.41) is 3.90. The van der Waals surface area contributed by atoms with E-state index in [1.165, 1.54) is 12.8 Å². The molecule has 20 heavy (non-hydrogen) atoms. The lowest BCUT2D eigenvalue weighted by atomic mass is 10.0. The second kappa shape index (κ2) is 6.05. The molecule has 1 fully saturated rings. The van der Waals surface area contributed by atoms with Crippen LogP contribution in [0.15, 0.2) is 29.0 Å². The second-order valence-electron chi connectivity index (χ2n) is 5.13. The third kappa shape index (κ3) is 2.82. The predicted octanol–water partition coefficient (Wildman–Crippen LogP) is 2.82. The Morgan fingerprint density at radius 2 is 2.10 bits per heavy atom. The van der Waals surface area contributed by atoms with E-state index < -0.39 is 0 Å². The van der Waals surface area contributed by atoms with Crippen molar-refractivity contribution >= 4 is 5.82 Å². The van der Waals surface area contributed by atoms with Gasteiger partial charge in [-0.3, -0.25) is 4.98 Å². The van der Waals surface area contributed by atoms with Gasteiger partial charge in [0.05, 0.1) is 11.7 Å². The topological polar surface area (TPSA) is 74.2 Å². The van der Waals surface area contributed by atoms with Crippen LogP contribution in [-0.2, 0) is 11.2 Å². The fourth-order valence-corrected chi connectivity index (χ4v) is 2.66. The highest BCUT2D eigenvalue weighted by molar-refractivity contribution is 5.75. The largest absolute Gasteiger partial charge is 0.380 e. The molecule has 1 atom stereocenters. The number of anilines is 1. The number of hydrogen-bond acceptors (Lipinski definition) is 5. The molecule has 1 aliphatic rings. The van der Waals surface area contributed by atoms with E-state index in [0.29, 0.717) is 11.9 Å². The van der Waals surface area contributed by atoms with Crippen molar-refractivity contribution in [3.05, 3.63) is 30.3 Å². The highest BCUT2D eigenvalue weighted by Gasteiger charge is 2.19. The number of hydrogen-bond donors (Lipinski definition) is 1. The van der Waals surface area contributed by atoms with E-state index >= 15 is 0 Å². The van der Waals surface area contributed by atoms with Crippen LogP contribution < -0.4 is 5.73 Å². The molecule has 2 aromatic rings. The van der Waals surface area contributed by atoms with Gasteiger partial charge in [0, 0.05) is 25.4 Å². The molecule has 0 aliphatic carbocycles. The standard InChI is InChI=1S/C15H19N3O2/c16-15-14(11-6-8-17-9-7-11)13(20-18-15)5-4-12-3-1-2-10-19-12/h6-9,12H,1-5,10H2,(H2,16,18). The maximum atomic E-state index is 5.93. The minimum atomic E-state index is 0.334. The maximum Gasteiger partial charge on any atom is 0.175 e. The number of rotatable bonds is 4. The molecular formula is C15H19N3O2. The van der Waals surface area contributed by atoms with Gasteiger partial charge in [0.15, 0.2) is 5.82 Å². The number of pyridine rings is 1. The van der Waals surface area contributed by atoms with Gasteiger partial charge < -0.3 is 15.0 Å². The van der Waals surface area contributed by atoms with E-state index in [-0.39, 0.29) is 0 Å². The zero-order valence-corrected chi connectivity index (χ0v) is 11.4. The molecule has 3 rings (SSSR count). The van der Waals surface area contributed by atoms with Gasteiger partial charge in [-0.2, -0.15) is 0 Å². The van der Waals surface area contributed by atoms with E-state index in [1.54, 1.807) is 12.4 Å². The first kappa shape index (κ1) is 13.1. The first-order valence-corrected chi connectivity index (χ1v) is 7.10. The Morgan fingerprint density at radius 3 is 2.85 bits per heavy atom. The minimum Gasteiger partial charge on any atom is -0.380 e. The highest BCUT2D eigenvalue weighted by atomic mass is 16.5. The number of aryl methyl sites for hydroxylation is 1. The molecular weight excluding hydrogens is 254 g/mol. The van der Waals surface area contributed by atoms with Crippen LogP contribution in [0.5, 0.6) is 0 Å². The van der Waals surface area contributed by atoms with Crippen molar-refractivity contribution in [3.63, 3.8) is 0 Å². The Morgan fingerprint density at radius 1 is 1.25 bits per heavy atom. The Bertz CT molecular complexity index is 548. The number of ether oxygens (including phenoxy) is 1. The van der Waals surface area contributed by atoms with Crippen molar-refractivity contribution in [2.75, 3.05) is 12.3 Å². The fraction of sp³-hybridized carbons (Fsp3) is 0.467. The van der Waals surface area contributed by atoms with Gasteiger partial charge in [-0.1, -0.05) is 5.16 Å². The van der Waals surface area contributed by atoms with Gasteiger partial charge >= 0.3 is 0 Å². The molecule has 0 spiro atoms. The van der Waals surface area contributed by atoms with Crippen LogP contribution in [0, 0.1) is 0 Å². The summed E-state index contributed by atoms with van der Waals surface area (Å²) < 4.78 is 11.1. The minimum absolute atomic E-state index is 0.334. The lowest BCUT2D eigenvalue weighted by Gasteiger charge is -2.22. The lowest BCUT2D eigenvalue weighted by Crippen LogP contribution is -2.19. The second-order valence-corrected chi connectivity index (χ2v) is 5.13. The van der Waals surface area contributed by atoms with Gasteiger partial charge in [0.1, 0.15) is 5.76 Å². The highest BCUT2D eigenvalue weighted by Crippen LogP contribution is 2.30. The first-order valence-electron chi connectivity index (χ1n) is 7.10. The van der Waals surface area contributed by atoms with Crippen molar-refractivity contribution in [2.45, 2.75) is 38.2 Å². The van der Waals surface area contributed by atoms with Crippen molar-refractivity contribution in [3.8, 4) is 11.1 Å². The average molecular weight is 273 g/mol. The van der Waals surface area contributed by atoms with Crippen molar-refractivity contribution in [1.29, 1.82) is 0 Å². The smallest absolute Gasteiger partial charge is 0.175 e. The van der Waals surface area contributed by atoms with Crippen LogP contribution >= 0.6 is 0 Å². The molecule has 1 unspecified atom stereocenters. The number of aromatic nitrogens is 2. The normalized spacial score (nSPS) is 19.1. The van der Waals surface area contributed by atoms with Crippen LogP contribution in [0.3, 0.4) is 0 Å². The van der Waals surface area contributed by atoms with Crippen LogP contribution in [0.2, 0.25) is 0 Å². The van der Waals surface area contributed by atoms with E-state index in [0.717, 1.165) is 42.8 Å². The molecule has 1 saturated heterocycles. The molecule has 0 amide bonds. The Hall–Kier alpha value is -1.88. The van der Waals surface area contributed by atoms with Crippen LogP contribution in [0.4, 0.5) is 5.82 Å². The third-order valence-corrected chi connectivity index (χ3v) is 3.73. The first-order chi connectivity index (χ1) is 9.84. The van der Waals surface area contributed by atoms with Gasteiger partial charge in [0.25, 0.3) is 0 Å². The number of nitrogen functional groups attached to an aromatic ring is 1. The molecule has 0 aromatic carbocycles. The summed E-state index contributed by atoms with van der Waals surface area (Å²) in [6.45, 7) is 0.875. The maximum absolute atomic E-state index is 5.93. The average Bonchev–Trinajstić information content (AvgIpc) is 2.88. The monoisotopic (exact) mass is 273 g/mol. The van der Waals surface area contributed by atoms with E-state index in [4.69, 9.17) is 15.0 Å². The van der Waals surface area contributed by atoms with Gasteiger partial charge in [-0.15, -0.1) is 0 Å². The quantitative estimate of drug-likeness (QED) is 0.927. The molecule has 0 bridgehead atoms. The summed E-state index contributed by atoms with van der Waals surface area (Å²) in [4.78, 5) is 4.02. The van der Waals surface area contributed by atoms with Gasteiger partial charge in [0.2, 0.25) is 0 Å². The molecule has 5 nitrogen and oxygen atoms in total. The molecule has 3 heterocycles. The SMILES string of the molecule is Nc1noc(CCC2CCCCO2)c1-c1ccncc1. The van der Waals surface area contributed by atoms with Gasteiger partial charge in [-0.05, 0) is 43.4 Å². The lowest BCUT2D eigenvalue weighted by molar-refractivity contribution is 0.0106. The van der Waals surface area contributed by atoms with Crippen LogP contribution in [0.25, 0.3) is 11.1 Å². The Labute approximate surface area is 118 Å². The van der Waals surface area contributed by atoms with Crippen molar-refractivity contribution < 1.29 is 9.26 Å². The summed E-state index contributed by atoms with van der Waals surface area (Å²) in [5.74, 6) is 1.28. The molecule has 1 aliphatic heterocycles. The summed E-state index contributed by atoms with van der Waals surface area (Å²) in [5.41, 5.74) is 7.82. The molecule has 0 radical (unpaired) electrons. The molecule has 2 aromatic heterocycles. The van der Waals surface area contributed by atoms with Crippen molar-refractivity contribution in [2.24, 2.45) is 0 Å². The summed E-state index contributed by atoms with van der Waals surface area (Å²) in [6, 6.07) is 3.84. The van der Waals surface area contributed by atoms with E-state index in [2.05, 4.69) is 10.1 Å². The van der Waals surface area contributed by atoms with E-state index in [1.807, 2.05) is 12.1 Å². The zero-order valence-electron chi connectivity index (χ0n) is 11.4. The molecule has 106 valence electrons. The molecule has 0 saturated carbocycles. The number of nitrogens with two attached hydrogens (primary N) is 1. The Kier molecular flexibility index (Phi) is 3.97. The van der Waals surface area contributed by atoms with Gasteiger partial charge in [-0.25, -0.2) is 0 Å². The van der Waals surface area contributed by atoms with Crippen LogP contribution in [-0.4, -0.2) is 22.9 Å². The Balaban J connectivity index is 1.74. The van der Waals surface area contributed by atoms with E-state index in [9.17, 15) is 0 Å². The van der Waals surface area contributed by atoms with Crippen molar-refractivity contribution in [1.82, 2.24) is 10.1 Å². The zero-order chi connectivity index (χ0) is 13.8. The molecule has 2 N–H and O–H groups in total. The molecule has 5 heteroatoms. The fourth-order valence-electron chi connectivity index (χ4n) is 2.66.